The molecule has 1 atom stereocenters. The third kappa shape index (κ3) is 3.02. The van der Waals surface area contributed by atoms with Gasteiger partial charge in [-0.05, 0) is 17.9 Å². The van der Waals surface area contributed by atoms with Crippen molar-refractivity contribution in [3.05, 3.63) is 17.5 Å². The lowest BCUT2D eigenvalue weighted by Gasteiger charge is -2.10. The summed E-state index contributed by atoms with van der Waals surface area (Å²) in [6.45, 7) is 1.97. The van der Waals surface area contributed by atoms with E-state index in [0.29, 0.717) is 0 Å². The van der Waals surface area contributed by atoms with Crippen molar-refractivity contribution >= 4 is 29.0 Å². The van der Waals surface area contributed by atoms with Crippen molar-refractivity contribution in [2.75, 3.05) is 0 Å². The molecule has 0 fully saturated rings. The molecule has 13 heavy (non-hydrogen) atoms. The highest BCUT2D eigenvalue weighted by Crippen LogP contribution is 2.29. The highest BCUT2D eigenvalue weighted by molar-refractivity contribution is 8.02. The fourth-order valence-corrected chi connectivity index (χ4v) is 2.85. The van der Waals surface area contributed by atoms with Gasteiger partial charge in [-0.1, -0.05) is 13.0 Å². The van der Waals surface area contributed by atoms with E-state index in [4.69, 9.17) is 5.84 Å². The predicted octanol–water partition coefficient (Wildman–Crippen LogP) is 1.61. The first-order valence-electron chi connectivity index (χ1n) is 3.98. The first-order valence-corrected chi connectivity index (χ1v) is 5.74. The van der Waals surface area contributed by atoms with E-state index >= 15 is 0 Å². The Kier molecular flexibility index (Phi) is 4.27. The Bertz CT molecular complexity index is 261. The van der Waals surface area contributed by atoms with Crippen LogP contribution in [0.3, 0.4) is 0 Å². The fraction of sp³-hybridized carbons (Fsp3) is 0.375. The predicted molar refractivity (Wildman–Crippen MR) is 56.6 cm³/mol. The van der Waals surface area contributed by atoms with Crippen molar-refractivity contribution < 1.29 is 4.79 Å². The maximum absolute atomic E-state index is 11.2. The van der Waals surface area contributed by atoms with Crippen molar-refractivity contribution in [2.45, 2.75) is 22.8 Å². The highest BCUT2D eigenvalue weighted by atomic mass is 32.2. The summed E-state index contributed by atoms with van der Waals surface area (Å²) in [6.07, 6.45) is 0.783. The summed E-state index contributed by atoms with van der Waals surface area (Å²) in [5, 5.41) is 1.92. The van der Waals surface area contributed by atoms with Crippen LogP contribution in [0.15, 0.2) is 21.7 Å². The van der Waals surface area contributed by atoms with Crippen molar-refractivity contribution in [2.24, 2.45) is 5.84 Å². The van der Waals surface area contributed by atoms with Crippen LogP contribution in [0.5, 0.6) is 0 Å². The molecule has 0 saturated carbocycles. The summed E-state index contributed by atoms with van der Waals surface area (Å²) in [4.78, 5) is 11.2. The van der Waals surface area contributed by atoms with Crippen molar-refractivity contribution in [1.82, 2.24) is 5.43 Å². The number of hydrogen-bond acceptors (Lipinski definition) is 4. The Morgan fingerprint density at radius 1 is 1.85 bits per heavy atom. The second-order valence-corrected chi connectivity index (χ2v) is 4.91. The molecule has 0 bridgehead atoms. The number of rotatable bonds is 4. The van der Waals surface area contributed by atoms with E-state index in [1.165, 1.54) is 0 Å². The molecule has 3 N–H and O–H groups in total. The zero-order valence-corrected chi connectivity index (χ0v) is 8.95. The van der Waals surface area contributed by atoms with Crippen LogP contribution in [-0.2, 0) is 4.79 Å². The van der Waals surface area contributed by atoms with Crippen LogP contribution >= 0.6 is 23.1 Å². The van der Waals surface area contributed by atoms with Gasteiger partial charge in [0.05, 0.1) is 9.46 Å². The van der Waals surface area contributed by atoms with Crippen LogP contribution in [0, 0.1) is 0 Å². The number of thioether (sulfide) groups is 1. The van der Waals surface area contributed by atoms with Gasteiger partial charge in [0.25, 0.3) is 0 Å². The summed E-state index contributed by atoms with van der Waals surface area (Å²) >= 11 is 3.19. The molecule has 0 spiro atoms. The van der Waals surface area contributed by atoms with Crippen LogP contribution in [0.25, 0.3) is 0 Å². The second-order valence-electron chi connectivity index (χ2n) is 2.46. The smallest absolute Gasteiger partial charge is 0.247 e. The zero-order valence-electron chi connectivity index (χ0n) is 7.32. The van der Waals surface area contributed by atoms with Gasteiger partial charge in [-0.3, -0.25) is 10.2 Å². The molecule has 0 aromatic carbocycles. The summed E-state index contributed by atoms with van der Waals surface area (Å²) < 4.78 is 1.15. The lowest BCUT2D eigenvalue weighted by atomic mass is 10.3. The second kappa shape index (κ2) is 5.26. The molecule has 1 heterocycles. The van der Waals surface area contributed by atoms with E-state index in [2.05, 4.69) is 5.43 Å². The average molecular weight is 216 g/mol. The maximum atomic E-state index is 11.2. The molecule has 1 amide bonds. The summed E-state index contributed by atoms with van der Waals surface area (Å²) in [7, 11) is 0. The molecule has 0 aliphatic heterocycles. The molecular weight excluding hydrogens is 204 g/mol. The van der Waals surface area contributed by atoms with E-state index in [-0.39, 0.29) is 11.2 Å². The van der Waals surface area contributed by atoms with E-state index < -0.39 is 0 Å². The minimum absolute atomic E-state index is 0.0800. The molecule has 1 unspecified atom stereocenters. The van der Waals surface area contributed by atoms with Crippen molar-refractivity contribution in [3.8, 4) is 0 Å². The number of nitrogens with two attached hydrogens (primary N) is 1. The van der Waals surface area contributed by atoms with Gasteiger partial charge >= 0.3 is 0 Å². The SMILES string of the molecule is CCC(Sc1cccs1)C(=O)NN. The molecular formula is C8H12N2OS2. The van der Waals surface area contributed by atoms with Gasteiger partial charge < -0.3 is 0 Å². The number of carbonyl (C=O) groups excluding carboxylic acids is 1. The number of hydrazine groups is 1. The standard InChI is InChI=1S/C8H12N2OS2/c1-2-6(8(11)10-9)13-7-4-3-5-12-7/h3-6H,2,9H2,1H3,(H,10,11). The number of carbonyl (C=O) groups is 1. The quantitative estimate of drug-likeness (QED) is 0.348. The molecule has 3 nitrogen and oxygen atoms in total. The normalized spacial score (nSPS) is 12.5. The minimum Gasteiger partial charge on any atom is -0.293 e. The first kappa shape index (κ1) is 10.6. The van der Waals surface area contributed by atoms with Crippen LogP contribution in [0.4, 0.5) is 0 Å². The van der Waals surface area contributed by atoms with Gasteiger partial charge in [-0.15, -0.1) is 23.1 Å². The molecule has 0 aliphatic carbocycles. The van der Waals surface area contributed by atoms with Crippen molar-refractivity contribution in [3.63, 3.8) is 0 Å². The van der Waals surface area contributed by atoms with Gasteiger partial charge in [0, 0.05) is 0 Å². The Morgan fingerprint density at radius 3 is 3.08 bits per heavy atom. The number of hydrogen-bond donors (Lipinski definition) is 2. The van der Waals surface area contributed by atoms with Crippen LogP contribution in [-0.4, -0.2) is 11.2 Å². The summed E-state index contributed by atoms with van der Waals surface area (Å²) in [6, 6.07) is 3.97. The first-order chi connectivity index (χ1) is 6.27. The third-order valence-electron chi connectivity index (χ3n) is 1.56. The Morgan fingerprint density at radius 2 is 2.62 bits per heavy atom. The monoisotopic (exact) mass is 216 g/mol. The molecule has 0 aliphatic rings. The van der Waals surface area contributed by atoms with E-state index in [1.807, 2.05) is 24.4 Å². The van der Waals surface area contributed by atoms with Gasteiger partial charge in [-0.25, -0.2) is 5.84 Å². The average Bonchev–Trinajstić information content (AvgIpc) is 2.65. The van der Waals surface area contributed by atoms with Crippen LogP contribution in [0.1, 0.15) is 13.3 Å². The Balaban J connectivity index is 2.54. The van der Waals surface area contributed by atoms with Gasteiger partial charge in [0.1, 0.15) is 0 Å². The molecule has 1 aromatic heterocycles. The van der Waals surface area contributed by atoms with E-state index in [9.17, 15) is 4.79 Å². The molecule has 1 aromatic rings. The van der Waals surface area contributed by atoms with Crippen LogP contribution in [0.2, 0.25) is 0 Å². The largest absolute Gasteiger partial charge is 0.293 e. The number of amides is 1. The Hall–Kier alpha value is -0.520. The van der Waals surface area contributed by atoms with E-state index in [1.54, 1.807) is 23.1 Å². The van der Waals surface area contributed by atoms with Gasteiger partial charge in [-0.2, -0.15) is 0 Å². The fourth-order valence-electron chi connectivity index (χ4n) is 0.886. The number of thiophene rings is 1. The number of nitrogens with one attached hydrogen (secondary N) is 1. The molecule has 0 saturated heterocycles. The van der Waals surface area contributed by atoms with Gasteiger partial charge in [0.15, 0.2) is 0 Å². The molecule has 5 heteroatoms. The van der Waals surface area contributed by atoms with Crippen LogP contribution < -0.4 is 11.3 Å². The molecule has 0 radical (unpaired) electrons. The molecule has 1 rings (SSSR count). The van der Waals surface area contributed by atoms with Crippen molar-refractivity contribution in [1.29, 1.82) is 0 Å². The maximum Gasteiger partial charge on any atom is 0.247 e. The Labute approximate surface area is 85.7 Å². The topological polar surface area (TPSA) is 55.1 Å². The lowest BCUT2D eigenvalue weighted by molar-refractivity contribution is -0.120. The van der Waals surface area contributed by atoms with Gasteiger partial charge in [0.2, 0.25) is 5.91 Å². The van der Waals surface area contributed by atoms with E-state index in [0.717, 1.165) is 10.6 Å². The third-order valence-corrected chi connectivity index (χ3v) is 4.00. The summed E-state index contributed by atoms with van der Waals surface area (Å²) in [5.74, 6) is 4.96. The minimum atomic E-state index is -0.110. The zero-order chi connectivity index (χ0) is 9.68. The summed E-state index contributed by atoms with van der Waals surface area (Å²) in [5.41, 5.74) is 2.17. The molecule has 72 valence electrons. The highest BCUT2D eigenvalue weighted by Gasteiger charge is 2.16. The lowest BCUT2D eigenvalue weighted by Crippen LogP contribution is -2.37.